The van der Waals surface area contributed by atoms with Gasteiger partial charge in [0.25, 0.3) is 0 Å². The largest absolute Gasteiger partial charge is 0.376 e. The van der Waals surface area contributed by atoms with Crippen molar-refractivity contribution in [1.29, 1.82) is 0 Å². The number of quaternary nitrogens is 1. The third-order valence-corrected chi connectivity index (χ3v) is 2.51. The average molecular weight is 188 g/mol. The minimum atomic E-state index is 0.845. The molecule has 0 rings (SSSR count). The third-order valence-electron chi connectivity index (χ3n) is 2.51. The van der Waals surface area contributed by atoms with Crippen LogP contribution in [0, 0.1) is 0 Å². The molecular weight excluding hydrogens is 162 g/mol. The minimum Gasteiger partial charge on any atom is -0.376 e. The highest BCUT2D eigenvalue weighted by atomic mass is 16.5. The minimum absolute atomic E-state index is 0.845. The normalized spacial score (nSPS) is 12.0. The van der Waals surface area contributed by atoms with Gasteiger partial charge in [-0.2, -0.15) is 0 Å². The zero-order valence-electron chi connectivity index (χ0n) is 9.81. The molecule has 0 aromatic carbocycles. The van der Waals surface area contributed by atoms with Gasteiger partial charge in [-0.25, -0.2) is 0 Å². The van der Waals surface area contributed by atoms with Crippen molar-refractivity contribution in [2.24, 2.45) is 0 Å². The fraction of sp³-hybridized carbons (Fsp3) is 1.00. The van der Waals surface area contributed by atoms with Gasteiger partial charge < -0.3 is 9.22 Å². The summed E-state index contributed by atoms with van der Waals surface area (Å²) in [6.07, 6.45) is 2.53. The van der Waals surface area contributed by atoms with E-state index in [-0.39, 0.29) is 0 Å². The lowest BCUT2D eigenvalue weighted by atomic mass is 10.3. The Bertz CT molecular complexity index is 109. The highest BCUT2D eigenvalue weighted by Gasteiger charge is 2.18. The van der Waals surface area contributed by atoms with E-state index in [0.29, 0.717) is 0 Å². The quantitative estimate of drug-likeness (QED) is 0.419. The van der Waals surface area contributed by atoms with Gasteiger partial charge in [0, 0.05) is 6.61 Å². The predicted octanol–water partition coefficient (Wildman–Crippen LogP) is 2.29. The first-order chi connectivity index (χ1) is 6.18. The van der Waals surface area contributed by atoms with Gasteiger partial charge in [0.15, 0.2) is 0 Å². The summed E-state index contributed by atoms with van der Waals surface area (Å²) < 4.78 is 6.58. The first-order valence-corrected chi connectivity index (χ1v) is 5.59. The van der Waals surface area contributed by atoms with Gasteiger partial charge >= 0.3 is 0 Å². The number of likely N-dealkylation sites (N-methyl/N-ethyl adjacent to an activating group) is 1. The van der Waals surface area contributed by atoms with E-state index < -0.39 is 0 Å². The van der Waals surface area contributed by atoms with Crippen LogP contribution in [0.15, 0.2) is 0 Å². The van der Waals surface area contributed by atoms with Crippen molar-refractivity contribution in [2.75, 3.05) is 39.9 Å². The van der Waals surface area contributed by atoms with Crippen LogP contribution in [0.4, 0.5) is 0 Å². The second-order valence-corrected chi connectivity index (χ2v) is 3.99. The number of hydrogen-bond acceptors (Lipinski definition) is 1. The lowest BCUT2D eigenvalue weighted by molar-refractivity contribution is -0.910. The highest BCUT2D eigenvalue weighted by molar-refractivity contribution is 4.39. The van der Waals surface area contributed by atoms with E-state index in [9.17, 15) is 0 Å². The van der Waals surface area contributed by atoms with Crippen molar-refractivity contribution in [3.63, 3.8) is 0 Å². The maximum atomic E-state index is 5.41. The van der Waals surface area contributed by atoms with Crippen LogP contribution < -0.4 is 0 Å². The van der Waals surface area contributed by atoms with E-state index in [4.69, 9.17) is 4.74 Å². The summed E-state index contributed by atoms with van der Waals surface area (Å²) in [5.74, 6) is 0. The van der Waals surface area contributed by atoms with E-state index in [1.54, 1.807) is 0 Å². The molecule has 0 unspecified atom stereocenters. The SMILES string of the molecule is CCC[N+](C)(CCC)CCOCC. The molecule has 2 heteroatoms. The Morgan fingerprint density at radius 3 is 1.85 bits per heavy atom. The summed E-state index contributed by atoms with van der Waals surface area (Å²) in [6, 6.07) is 0. The van der Waals surface area contributed by atoms with Gasteiger partial charge in [-0.3, -0.25) is 0 Å². The van der Waals surface area contributed by atoms with Crippen LogP contribution in [0.3, 0.4) is 0 Å². The molecule has 0 radical (unpaired) electrons. The second kappa shape index (κ2) is 7.34. The van der Waals surface area contributed by atoms with Gasteiger partial charge in [-0.1, -0.05) is 13.8 Å². The van der Waals surface area contributed by atoms with Gasteiger partial charge in [0.05, 0.1) is 26.7 Å². The van der Waals surface area contributed by atoms with Crippen LogP contribution in [0.2, 0.25) is 0 Å². The molecule has 0 saturated carbocycles. The molecule has 0 N–H and O–H groups in total. The maximum Gasteiger partial charge on any atom is 0.102 e. The molecule has 0 aliphatic heterocycles. The van der Waals surface area contributed by atoms with Gasteiger partial charge in [0.2, 0.25) is 0 Å². The number of hydrogen-bond donors (Lipinski definition) is 0. The summed E-state index contributed by atoms with van der Waals surface area (Å²) >= 11 is 0. The molecule has 0 aromatic rings. The van der Waals surface area contributed by atoms with Crippen molar-refractivity contribution in [3.8, 4) is 0 Å². The highest BCUT2D eigenvalue weighted by Crippen LogP contribution is 2.05. The molecule has 0 fully saturated rings. The molecule has 0 aliphatic carbocycles. The van der Waals surface area contributed by atoms with Crippen molar-refractivity contribution < 1.29 is 9.22 Å². The lowest BCUT2D eigenvalue weighted by Crippen LogP contribution is -2.47. The Morgan fingerprint density at radius 2 is 1.46 bits per heavy atom. The van der Waals surface area contributed by atoms with E-state index in [1.807, 2.05) is 0 Å². The zero-order valence-corrected chi connectivity index (χ0v) is 9.81. The maximum absolute atomic E-state index is 5.41. The first-order valence-electron chi connectivity index (χ1n) is 5.59. The van der Waals surface area contributed by atoms with E-state index in [2.05, 4.69) is 27.8 Å². The molecule has 0 bridgehead atoms. The van der Waals surface area contributed by atoms with Crippen LogP contribution in [0.5, 0.6) is 0 Å². The Kier molecular flexibility index (Phi) is 7.29. The van der Waals surface area contributed by atoms with Gasteiger partial charge in [0.1, 0.15) is 6.54 Å². The Labute approximate surface area is 83.5 Å². The molecular formula is C11H26NO+. The Balaban J connectivity index is 3.76. The summed E-state index contributed by atoms with van der Waals surface area (Å²) in [4.78, 5) is 0. The number of ether oxygens (including phenoxy) is 1. The number of rotatable bonds is 8. The van der Waals surface area contributed by atoms with Crippen LogP contribution in [-0.2, 0) is 4.74 Å². The summed E-state index contributed by atoms with van der Waals surface area (Å²) in [5, 5.41) is 0. The molecule has 0 atom stereocenters. The van der Waals surface area contributed by atoms with Crippen LogP contribution >= 0.6 is 0 Å². The second-order valence-electron chi connectivity index (χ2n) is 3.99. The van der Waals surface area contributed by atoms with E-state index >= 15 is 0 Å². The molecule has 0 heterocycles. The molecule has 0 spiro atoms. The first kappa shape index (κ1) is 12.9. The molecule has 0 saturated heterocycles. The van der Waals surface area contributed by atoms with Crippen molar-refractivity contribution in [1.82, 2.24) is 0 Å². The zero-order chi connectivity index (χ0) is 10.2. The molecule has 80 valence electrons. The van der Waals surface area contributed by atoms with Gasteiger partial charge in [-0.05, 0) is 19.8 Å². The average Bonchev–Trinajstić information content (AvgIpc) is 2.05. The molecule has 2 nitrogen and oxygen atoms in total. The summed E-state index contributed by atoms with van der Waals surface area (Å²) in [7, 11) is 2.34. The monoisotopic (exact) mass is 188 g/mol. The predicted molar refractivity (Wildman–Crippen MR) is 57.9 cm³/mol. The summed E-state index contributed by atoms with van der Waals surface area (Å²) in [5.41, 5.74) is 0. The van der Waals surface area contributed by atoms with E-state index in [0.717, 1.165) is 19.8 Å². The van der Waals surface area contributed by atoms with Crippen molar-refractivity contribution in [2.45, 2.75) is 33.6 Å². The molecule has 0 aliphatic rings. The fourth-order valence-electron chi connectivity index (χ4n) is 1.84. The van der Waals surface area contributed by atoms with Crippen molar-refractivity contribution >= 4 is 0 Å². The topological polar surface area (TPSA) is 9.23 Å². The molecule has 0 aromatic heterocycles. The standard InChI is InChI=1S/C11H26NO/c1-5-8-12(4,9-6-2)10-11-13-7-3/h5-11H2,1-4H3/q+1. The molecule has 13 heavy (non-hydrogen) atoms. The third kappa shape index (κ3) is 6.05. The van der Waals surface area contributed by atoms with Crippen LogP contribution in [-0.4, -0.2) is 44.4 Å². The van der Waals surface area contributed by atoms with Crippen LogP contribution in [0.25, 0.3) is 0 Å². The Morgan fingerprint density at radius 1 is 0.923 bits per heavy atom. The lowest BCUT2D eigenvalue weighted by Gasteiger charge is -2.34. The number of nitrogens with zero attached hydrogens (tertiary/aromatic N) is 1. The van der Waals surface area contributed by atoms with E-state index in [1.165, 1.54) is 30.4 Å². The van der Waals surface area contributed by atoms with Crippen LogP contribution in [0.1, 0.15) is 33.6 Å². The van der Waals surface area contributed by atoms with Crippen molar-refractivity contribution in [3.05, 3.63) is 0 Å². The molecule has 0 amide bonds. The van der Waals surface area contributed by atoms with Gasteiger partial charge in [-0.15, -0.1) is 0 Å². The fourth-order valence-corrected chi connectivity index (χ4v) is 1.84. The Hall–Kier alpha value is -0.0800. The summed E-state index contributed by atoms with van der Waals surface area (Å²) in [6.45, 7) is 12.0. The smallest absolute Gasteiger partial charge is 0.102 e.